The average molecular weight is 587 g/mol. The Morgan fingerprint density at radius 1 is 1.05 bits per heavy atom. The summed E-state index contributed by atoms with van der Waals surface area (Å²) in [7, 11) is -3.26. The number of nitrogens with two attached hydrogens (primary N) is 1. The molecule has 1 aliphatic rings. The van der Waals surface area contributed by atoms with E-state index in [1.54, 1.807) is 48.2 Å². The smallest absolute Gasteiger partial charge is 0.321 e. The summed E-state index contributed by atoms with van der Waals surface area (Å²) in [6, 6.07) is 14.9. The van der Waals surface area contributed by atoms with Crippen molar-refractivity contribution in [1.82, 2.24) is 4.90 Å². The second-order valence-corrected chi connectivity index (χ2v) is 11.1. The van der Waals surface area contributed by atoms with Gasteiger partial charge in [0.1, 0.15) is 16.4 Å². The first kappa shape index (κ1) is 29.2. The topological polar surface area (TPSA) is 131 Å². The van der Waals surface area contributed by atoms with E-state index >= 15 is 0 Å². The molecule has 0 saturated heterocycles. The molecule has 3 N–H and O–H groups in total. The molecule has 10 nitrogen and oxygen atoms in total. The number of methoxy groups -OCH3 is 1. The highest BCUT2D eigenvalue weighted by atomic mass is 35.5. The van der Waals surface area contributed by atoms with Crippen LogP contribution in [0.5, 0.6) is 11.5 Å². The van der Waals surface area contributed by atoms with Gasteiger partial charge >= 0.3 is 6.03 Å². The SMILES string of the molecule is CCOc1ccc2c(c1)C(N)(c1ccccc1Cl)C(=O)N2S(=O)(=O)c1ccc(NC(=O)N(CC)CC)cc1OC. The van der Waals surface area contributed by atoms with Gasteiger partial charge in [0.15, 0.2) is 5.54 Å². The Morgan fingerprint density at radius 2 is 1.75 bits per heavy atom. The number of nitrogens with one attached hydrogen (secondary N) is 1. The van der Waals surface area contributed by atoms with Gasteiger partial charge in [-0.1, -0.05) is 29.8 Å². The molecule has 0 saturated carbocycles. The fourth-order valence-corrected chi connectivity index (χ4v) is 6.60. The van der Waals surface area contributed by atoms with E-state index in [1.807, 2.05) is 13.8 Å². The van der Waals surface area contributed by atoms with Gasteiger partial charge in [-0.15, -0.1) is 0 Å². The molecular weight excluding hydrogens is 556 g/mol. The summed E-state index contributed by atoms with van der Waals surface area (Å²) in [6.07, 6.45) is 0. The van der Waals surface area contributed by atoms with Gasteiger partial charge in [-0.25, -0.2) is 17.5 Å². The molecule has 12 heteroatoms. The second-order valence-electron chi connectivity index (χ2n) is 8.94. The first-order valence-electron chi connectivity index (χ1n) is 12.7. The lowest BCUT2D eigenvalue weighted by atomic mass is 9.85. The van der Waals surface area contributed by atoms with Gasteiger partial charge in [0, 0.05) is 41.0 Å². The largest absolute Gasteiger partial charge is 0.495 e. The Labute approximate surface area is 238 Å². The number of sulfonamides is 1. The number of rotatable bonds is 9. The van der Waals surface area contributed by atoms with Gasteiger partial charge in [-0.3, -0.25) is 4.79 Å². The van der Waals surface area contributed by atoms with Crippen LogP contribution in [0.2, 0.25) is 5.02 Å². The minimum Gasteiger partial charge on any atom is -0.495 e. The van der Waals surface area contributed by atoms with E-state index in [9.17, 15) is 18.0 Å². The van der Waals surface area contributed by atoms with Crippen LogP contribution >= 0.6 is 11.6 Å². The standard InChI is InChI=1S/C28H31ClN4O6S/c1-5-32(6-2)27(35)31-18-12-15-25(24(16-18)38-4)40(36,37)33-23-14-13-19(39-7-3)17-21(23)28(30,26(33)34)20-10-8-9-11-22(20)29/h8-17H,5-7,30H2,1-4H3,(H,31,35). The number of carbonyl (C=O) groups excluding carboxylic acids is 2. The van der Waals surface area contributed by atoms with Gasteiger partial charge < -0.3 is 25.4 Å². The van der Waals surface area contributed by atoms with Crippen LogP contribution in [-0.2, 0) is 20.4 Å². The highest BCUT2D eigenvalue weighted by Crippen LogP contribution is 2.48. The van der Waals surface area contributed by atoms with E-state index in [4.69, 9.17) is 26.8 Å². The van der Waals surface area contributed by atoms with Gasteiger partial charge in [-0.05, 0) is 57.2 Å². The third-order valence-electron chi connectivity index (χ3n) is 6.73. The summed E-state index contributed by atoms with van der Waals surface area (Å²) in [5.41, 5.74) is 5.74. The number of fused-ring (bicyclic) bond motifs is 1. The van der Waals surface area contributed by atoms with Gasteiger partial charge in [-0.2, -0.15) is 0 Å². The molecule has 0 bridgehead atoms. The Morgan fingerprint density at radius 3 is 2.38 bits per heavy atom. The van der Waals surface area contributed by atoms with E-state index in [2.05, 4.69) is 5.32 Å². The van der Waals surface area contributed by atoms with Crippen LogP contribution in [0.3, 0.4) is 0 Å². The van der Waals surface area contributed by atoms with Gasteiger partial charge in [0.25, 0.3) is 15.9 Å². The minimum atomic E-state index is -4.56. The number of anilines is 2. The van der Waals surface area contributed by atoms with Gasteiger partial charge in [0.2, 0.25) is 0 Å². The van der Waals surface area contributed by atoms with Crippen molar-refractivity contribution in [1.29, 1.82) is 0 Å². The number of benzene rings is 3. The molecule has 0 spiro atoms. The third-order valence-corrected chi connectivity index (χ3v) is 8.79. The molecule has 3 aromatic rings. The number of hydrogen-bond donors (Lipinski definition) is 2. The molecule has 1 atom stereocenters. The fourth-order valence-electron chi connectivity index (χ4n) is 4.70. The van der Waals surface area contributed by atoms with Crippen LogP contribution in [-0.4, -0.2) is 52.1 Å². The van der Waals surface area contributed by atoms with Crippen molar-refractivity contribution in [2.45, 2.75) is 31.2 Å². The van der Waals surface area contributed by atoms with E-state index in [-0.39, 0.29) is 38.5 Å². The molecule has 0 fully saturated rings. The lowest BCUT2D eigenvalue weighted by molar-refractivity contribution is -0.120. The Balaban J connectivity index is 1.84. The van der Waals surface area contributed by atoms with Crippen LogP contribution in [0.25, 0.3) is 0 Å². The molecule has 1 unspecified atom stereocenters. The van der Waals surface area contributed by atoms with E-state index in [0.29, 0.717) is 35.4 Å². The first-order valence-corrected chi connectivity index (χ1v) is 14.5. The number of ether oxygens (including phenoxy) is 2. The summed E-state index contributed by atoms with van der Waals surface area (Å²) in [4.78, 5) is 27.9. The molecule has 1 aliphatic heterocycles. The van der Waals surface area contributed by atoms with Crippen LogP contribution in [0.15, 0.2) is 65.6 Å². The summed E-state index contributed by atoms with van der Waals surface area (Å²) in [6.45, 7) is 6.86. The lowest BCUT2D eigenvalue weighted by Crippen LogP contribution is -2.49. The zero-order valence-electron chi connectivity index (χ0n) is 22.6. The highest BCUT2D eigenvalue weighted by molar-refractivity contribution is 7.93. The number of nitrogens with zero attached hydrogens (tertiary/aromatic N) is 2. The van der Waals surface area contributed by atoms with Crippen molar-refractivity contribution in [3.05, 3.63) is 76.8 Å². The molecule has 3 amide bonds. The minimum absolute atomic E-state index is 0.0649. The normalized spacial score (nSPS) is 16.4. The van der Waals surface area contributed by atoms with E-state index in [0.717, 1.165) is 0 Å². The molecule has 40 heavy (non-hydrogen) atoms. The highest BCUT2D eigenvalue weighted by Gasteiger charge is 2.55. The van der Waals surface area contributed by atoms with E-state index < -0.39 is 21.5 Å². The Hall–Kier alpha value is -3.80. The molecule has 0 aliphatic carbocycles. The first-order chi connectivity index (χ1) is 19.0. The third kappa shape index (κ3) is 4.85. The Kier molecular flexibility index (Phi) is 8.29. The number of halogens is 1. The van der Waals surface area contributed by atoms with Crippen LogP contribution in [0.1, 0.15) is 31.9 Å². The summed E-state index contributed by atoms with van der Waals surface area (Å²) < 4.78 is 40.0. The zero-order chi connectivity index (χ0) is 29.2. The van der Waals surface area contributed by atoms with Gasteiger partial charge in [0.05, 0.1) is 19.4 Å². The maximum absolute atomic E-state index is 14.1. The molecule has 4 rings (SSSR count). The number of hydrogen-bond acceptors (Lipinski definition) is 7. The van der Waals surface area contributed by atoms with Crippen molar-refractivity contribution >= 4 is 44.9 Å². The fraction of sp³-hybridized carbons (Fsp3) is 0.286. The summed E-state index contributed by atoms with van der Waals surface area (Å²) in [5.74, 6) is -0.559. The number of carbonyl (C=O) groups is 2. The van der Waals surface area contributed by atoms with Crippen molar-refractivity contribution in [3.63, 3.8) is 0 Å². The maximum Gasteiger partial charge on any atom is 0.321 e. The summed E-state index contributed by atoms with van der Waals surface area (Å²) >= 11 is 6.47. The van der Waals surface area contributed by atoms with E-state index in [1.165, 1.54) is 31.4 Å². The second kappa shape index (κ2) is 11.4. The molecule has 3 aromatic carbocycles. The van der Waals surface area contributed by atoms with Crippen LogP contribution in [0.4, 0.5) is 16.2 Å². The van der Waals surface area contributed by atoms with Crippen molar-refractivity contribution < 1.29 is 27.5 Å². The summed E-state index contributed by atoms with van der Waals surface area (Å²) in [5, 5.41) is 2.94. The van der Waals surface area contributed by atoms with Crippen molar-refractivity contribution in [2.24, 2.45) is 5.73 Å². The van der Waals surface area contributed by atoms with Crippen molar-refractivity contribution in [3.8, 4) is 11.5 Å². The van der Waals surface area contributed by atoms with Crippen LogP contribution < -0.4 is 24.8 Å². The molecule has 0 aromatic heterocycles. The monoisotopic (exact) mass is 586 g/mol. The molecule has 1 heterocycles. The van der Waals surface area contributed by atoms with Crippen LogP contribution in [0, 0.1) is 0 Å². The molecule has 212 valence electrons. The average Bonchev–Trinajstić information content (AvgIpc) is 3.16. The number of amides is 3. The quantitative estimate of drug-likeness (QED) is 0.376. The predicted molar refractivity (Wildman–Crippen MR) is 154 cm³/mol. The predicted octanol–water partition coefficient (Wildman–Crippen LogP) is 4.56. The molecule has 0 radical (unpaired) electrons. The Bertz CT molecular complexity index is 1560. The molecular formula is C28H31ClN4O6S. The zero-order valence-corrected chi connectivity index (χ0v) is 24.2. The van der Waals surface area contributed by atoms with Crippen molar-refractivity contribution in [2.75, 3.05) is 36.4 Å². The maximum atomic E-state index is 14.1. The number of urea groups is 1. The lowest BCUT2D eigenvalue weighted by Gasteiger charge is -2.26.